The predicted molar refractivity (Wildman–Crippen MR) is 105 cm³/mol. The van der Waals surface area contributed by atoms with Gasteiger partial charge in [-0.1, -0.05) is 0 Å². The first kappa shape index (κ1) is 24.1. The Labute approximate surface area is 183 Å². The van der Waals surface area contributed by atoms with Crippen LogP contribution in [0.4, 0.5) is 33.3 Å². The molecule has 0 aliphatic carbocycles. The highest BCUT2D eigenvalue weighted by Crippen LogP contribution is 2.37. The summed E-state index contributed by atoms with van der Waals surface area (Å²) in [6.45, 7) is -0.541. The van der Waals surface area contributed by atoms with Gasteiger partial charge in [0, 0.05) is 19.2 Å². The fourth-order valence-corrected chi connectivity index (χ4v) is 3.51. The summed E-state index contributed by atoms with van der Waals surface area (Å²) in [5.74, 6) is -4.11. The number of hydrogen-bond donors (Lipinski definition) is 0. The van der Waals surface area contributed by atoms with Crippen molar-refractivity contribution in [1.82, 2.24) is 0 Å². The van der Waals surface area contributed by atoms with Crippen molar-refractivity contribution >= 4 is 23.1 Å². The lowest BCUT2D eigenvalue weighted by molar-refractivity contribution is -0.384. The molecule has 1 aliphatic rings. The molecule has 1 saturated heterocycles. The minimum Gasteiger partial charge on any atom is -0.457 e. The van der Waals surface area contributed by atoms with Gasteiger partial charge in [-0.15, -0.1) is 0 Å². The highest BCUT2D eigenvalue weighted by atomic mass is 19.4. The number of benzene rings is 2. The number of anilines is 1. The minimum atomic E-state index is -4.73. The number of ether oxygens (including phenoxy) is 1. The van der Waals surface area contributed by atoms with E-state index in [1.54, 1.807) is 0 Å². The van der Waals surface area contributed by atoms with Crippen LogP contribution in [0.1, 0.15) is 28.8 Å². The Kier molecular flexibility index (Phi) is 6.94. The summed E-state index contributed by atoms with van der Waals surface area (Å²) < 4.78 is 70.4. The van der Waals surface area contributed by atoms with E-state index in [1.165, 1.54) is 4.90 Å². The van der Waals surface area contributed by atoms with Crippen LogP contribution in [0.15, 0.2) is 36.4 Å². The molecule has 2 aromatic rings. The molecule has 7 nitrogen and oxygen atoms in total. The molecule has 3 rings (SSSR count). The van der Waals surface area contributed by atoms with Gasteiger partial charge in [-0.25, -0.2) is 8.78 Å². The minimum absolute atomic E-state index is 0.00317. The van der Waals surface area contributed by atoms with Crippen LogP contribution in [0.2, 0.25) is 0 Å². The van der Waals surface area contributed by atoms with Crippen LogP contribution in [0.5, 0.6) is 0 Å². The lowest BCUT2D eigenvalue weighted by Crippen LogP contribution is -2.37. The van der Waals surface area contributed by atoms with Gasteiger partial charge in [-0.3, -0.25) is 19.7 Å². The molecule has 0 amide bonds. The smallest absolute Gasteiger partial charge is 0.416 e. The van der Waals surface area contributed by atoms with Gasteiger partial charge in [-0.05, 0) is 43.2 Å². The second-order valence-corrected chi connectivity index (χ2v) is 7.37. The third-order valence-corrected chi connectivity index (χ3v) is 5.24. The molecule has 0 N–H and O–H groups in total. The monoisotopic (exact) mass is 472 g/mol. The normalized spacial score (nSPS) is 14.8. The fourth-order valence-electron chi connectivity index (χ4n) is 3.51. The van der Waals surface area contributed by atoms with Gasteiger partial charge in [0.1, 0.15) is 17.3 Å². The maximum atomic E-state index is 13.6. The van der Waals surface area contributed by atoms with Gasteiger partial charge < -0.3 is 9.64 Å². The number of nitro benzene ring substituents is 1. The van der Waals surface area contributed by atoms with E-state index in [1.807, 2.05) is 0 Å². The predicted octanol–water partition coefficient (Wildman–Crippen LogP) is 4.53. The Morgan fingerprint density at radius 2 is 1.76 bits per heavy atom. The van der Waals surface area contributed by atoms with Crippen LogP contribution in [0, 0.1) is 27.7 Å². The zero-order valence-corrected chi connectivity index (χ0v) is 16.9. The number of nitro groups is 1. The number of carbonyl (C=O) groups excluding carboxylic acids is 2. The number of nitrogens with zero attached hydrogens (tertiary/aromatic N) is 2. The van der Waals surface area contributed by atoms with Crippen molar-refractivity contribution in [3.05, 3.63) is 69.3 Å². The Morgan fingerprint density at radius 1 is 1.09 bits per heavy atom. The van der Waals surface area contributed by atoms with E-state index in [0.717, 1.165) is 24.3 Å². The van der Waals surface area contributed by atoms with E-state index in [0.29, 0.717) is 12.1 Å². The Morgan fingerprint density at radius 3 is 2.36 bits per heavy atom. The molecule has 33 heavy (non-hydrogen) atoms. The van der Waals surface area contributed by atoms with E-state index in [-0.39, 0.29) is 31.6 Å². The molecule has 0 unspecified atom stereocenters. The van der Waals surface area contributed by atoms with Gasteiger partial charge >= 0.3 is 12.1 Å². The second kappa shape index (κ2) is 9.51. The number of Topliss-reactive ketones (excluding diaryl/α,β-unsaturated/α-hetero) is 1. The number of halogens is 5. The van der Waals surface area contributed by atoms with E-state index in [2.05, 4.69) is 0 Å². The van der Waals surface area contributed by atoms with E-state index in [4.69, 9.17) is 4.74 Å². The van der Waals surface area contributed by atoms with E-state index in [9.17, 15) is 41.7 Å². The van der Waals surface area contributed by atoms with Crippen LogP contribution >= 0.6 is 0 Å². The number of alkyl halides is 3. The van der Waals surface area contributed by atoms with Crippen LogP contribution in [0.3, 0.4) is 0 Å². The average molecular weight is 472 g/mol. The van der Waals surface area contributed by atoms with Gasteiger partial charge in [0.15, 0.2) is 6.61 Å². The standard InChI is InChI=1S/C21H17F5N2O5/c22-14-2-3-16(23)15(10-14)19(29)11-33-20(30)12-5-7-27(8-6-12)17-4-1-13(21(24,25)26)9-18(17)28(31)32/h1-4,9-10,12H,5-8,11H2. The van der Waals surface area contributed by atoms with E-state index < -0.39 is 63.8 Å². The number of ketones is 1. The second-order valence-electron chi connectivity index (χ2n) is 7.37. The molecule has 1 aliphatic heterocycles. The van der Waals surface area contributed by atoms with Crippen molar-refractivity contribution in [1.29, 1.82) is 0 Å². The number of esters is 1. The maximum Gasteiger partial charge on any atom is 0.416 e. The molecule has 0 atom stereocenters. The highest BCUT2D eigenvalue weighted by Gasteiger charge is 2.35. The van der Waals surface area contributed by atoms with Crippen molar-refractivity contribution in [2.24, 2.45) is 5.92 Å². The quantitative estimate of drug-likeness (QED) is 0.202. The van der Waals surface area contributed by atoms with Crippen molar-refractivity contribution < 1.29 is 41.2 Å². The van der Waals surface area contributed by atoms with Gasteiger partial charge in [0.05, 0.1) is 22.0 Å². The summed E-state index contributed by atoms with van der Waals surface area (Å²) in [5.41, 5.74) is -2.40. The average Bonchev–Trinajstić information content (AvgIpc) is 2.77. The molecule has 0 bridgehead atoms. The van der Waals surface area contributed by atoms with Crippen molar-refractivity contribution in [3.63, 3.8) is 0 Å². The molecule has 1 heterocycles. The fraction of sp³-hybridized carbons (Fsp3) is 0.333. The first-order valence-electron chi connectivity index (χ1n) is 9.73. The van der Waals surface area contributed by atoms with Crippen molar-refractivity contribution in [3.8, 4) is 0 Å². The summed E-state index contributed by atoms with van der Waals surface area (Å²) in [7, 11) is 0. The molecule has 176 valence electrons. The number of carbonyl (C=O) groups is 2. The molecule has 0 spiro atoms. The first-order chi connectivity index (χ1) is 15.5. The summed E-state index contributed by atoms with van der Waals surface area (Å²) in [6.07, 6.45) is -4.40. The molecule has 2 aromatic carbocycles. The van der Waals surface area contributed by atoms with Gasteiger partial charge in [0.2, 0.25) is 5.78 Å². The molecule has 12 heteroatoms. The first-order valence-corrected chi connectivity index (χ1v) is 9.73. The SMILES string of the molecule is O=C(COC(=O)C1CCN(c2ccc(C(F)(F)F)cc2[N+](=O)[O-])CC1)c1cc(F)ccc1F. The Bertz CT molecular complexity index is 1080. The zero-order valence-electron chi connectivity index (χ0n) is 16.9. The molecule has 0 aromatic heterocycles. The number of piperidine rings is 1. The van der Waals surface area contributed by atoms with Gasteiger partial charge in [0.25, 0.3) is 5.69 Å². The Hall–Kier alpha value is -3.57. The zero-order chi connectivity index (χ0) is 24.3. The van der Waals surface area contributed by atoms with Crippen molar-refractivity contribution in [2.45, 2.75) is 19.0 Å². The molecule has 0 radical (unpaired) electrons. The lowest BCUT2D eigenvalue weighted by Gasteiger charge is -2.32. The van der Waals surface area contributed by atoms with E-state index >= 15 is 0 Å². The summed E-state index contributed by atoms with van der Waals surface area (Å²) in [6, 6.07) is 4.55. The van der Waals surface area contributed by atoms with Crippen LogP contribution in [-0.2, 0) is 15.7 Å². The maximum absolute atomic E-state index is 13.6. The van der Waals surface area contributed by atoms with Crippen LogP contribution in [-0.4, -0.2) is 36.4 Å². The Balaban J connectivity index is 1.60. The third kappa shape index (κ3) is 5.62. The number of hydrogen-bond acceptors (Lipinski definition) is 6. The summed E-state index contributed by atoms with van der Waals surface area (Å²) in [5, 5.41) is 11.3. The third-order valence-electron chi connectivity index (χ3n) is 5.24. The van der Waals surface area contributed by atoms with Crippen molar-refractivity contribution in [2.75, 3.05) is 24.6 Å². The summed E-state index contributed by atoms with van der Waals surface area (Å²) >= 11 is 0. The molecular formula is C21H17F5N2O5. The largest absolute Gasteiger partial charge is 0.457 e. The van der Waals surface area contributed by atoms with Crippen LogP contribution < -0.4 is 4.90 Å². The topological polar surface area (TPSA) is 89.8 Å². The summed E-state index contributed by atoms with van der Waals surface area (Å²) in [4.78, 5) is 36.1. The van der Waals surface area contributed by atoms with Crippen LogP contribution in [0.25, 0.3) is 0 Å². The van der Waals surface area contributed by atoms with Gasteiger partial charge in [-0.2, -0.15) is 13.2 Å². The lowest BCUT2D eigenvalue weighted by atomic mass is 9.96. The highest BCUT2D eigenvalue weighted by molar-refractivity contribution is 5.98. The molecular weight excluding hydrogens is 455 g/mol. The molecule has 0 saturated carbocycles. The molecule has 1 fully saturated rings. The number of rotatable bonds is 6.